The van der Waals surface area contributed by atoms with E-state index in [1.165, 1.54) is 0 Å². The van der Waals surface area contributed by atoms with Gasteiger partial charge in [-0.05, 0) is 24.3 Å². The largest absolute Gasteiger partial charge is 0.433 e. The molecule has 0 radical (unpaired) electrons. The molecule has 0 aliphatic carbocycles. The van der Waals surface area contributed by atoms with Crippen LogP contribution < -0.4 is 5.32 Å². The molecule has 1 heterocycles. The first kappa shape index (κ1) is 16.8. The van der Waals surface area contributed by atoms with Crippen molar-refractivity contribution in [3.8, 4) is 0 Å². The second-order valence-corrected chi connectivity index (χ2v) is 5.10. The molecule has 0 aliphatic heterocycles. The van der Waals surface area contributed by atoms with Crippen LogP contribution in [0.4, 0.5) is 13.2 Å². The van der Waals surface area contributed by atoms with Crippen LogP contribution in [0.1, 0.15) is 22.5 Å². The van der Waals surface area contributed by atoms with Crippen LogP contribution in [-0.4, -0.2) is 40.7 Å². The van der Waals surface area contributed by atoms with Gasteiger partial charge in [0.05, 0.1) is 5.56 Å². The highest BCUT2D eigenvalue weighted by atomic mass is 32.2. The van der Waals surface area contributed by atoms with Crippen LogP contribution in [0, 0.1) is 0 Å². The highest BCUT2D eigenvalue weighted by Gasteiger charge is 2.32. The molecule has 0 aliphatic rings. The summed E-state index contributed by atoms with van der Waals surface area (Å²) in [7, 11) is 0. The van der Waals surface area contributed by atoms with Crippen LogP contribution in [0.3, 0.4) is 0 Å². The Labute approximate surface area is 118 Å². The number of carbonyl (C=O) groups is 1. The number of halogens is 3. The normalized spacial score (nSPS) is 11.4. The summed E-state index contributed by atoms with van der Waals surface area (Å²) in [6.45, 7) is 0.548. The number of aromatic nitrogens is 1. The van der Waals surface area contributed by atoms with Crippen LogP contribution in [0.25, 0.3) is 0 Å². The summed E-state index contributed by atoms with van der Waals surface area (Å²) in [6, 6.07) is 1.88. The maximum atomic E-state index is 12.3. The zero-order chi connectivity index (χ0) is 15.0. The van der Waals surface area contributed by atoms with Crippen LogP contribution in [0.5, 0.6) is 0 Å². The molecule has 0 unspecified atom stereocenters. The number of alkyl halides is 3. The summed E-state index contributed by atoms with van der Waals surface area (Å²) in [6.07, 6.45) is -2.89. The second kappa shape index (κ2) is 8.11. The SMILES string of the molecule is O=C(NCCSCCCO)c1ccc(C(F)(F)F)nc1. The Balaban J connectivity index is 2.37. The molecule has 4 nitrogen and oxygen atoms in total. The predicted molar refractivity (Wildman–Crippen MR) is 70.6 cm³/mol. The Morgan fingerprint density at radius 2 is 2.10 bits per heavy atom. The van der Waals surface area contributed by atoms with Crippen LogP contribution >= 0.6 is 11.8 Å². The number of pyridine rings is 1. The number of nitrogens with one attached hydrogen (secondary N) is 1. The fourth-order valence-electron chi connectivity index (χ4n) is 1.30. The Hall–Kier alpha value is -1.28. The van der Waals surface area contributed by atoms with Gasteiger partial charge in [0.2, 0.25) is 0 Å². The molecule has 8 heteroatoms. The van der Waals surface area contributed by atoms with Gasteiger partial charge in [0.1, 0.15) is 5.69 Å². The molecule has 0 atom stereocenters. The number of rotatable bonds is 7. The molecule has 0 saturated heterocycles. The molecule has 112 valence electrons. The van der Waals surface area contributed by atoms with Crippen molar-refractivity contribution in [2.75, 3.05) is 24.7 Å². The molecular formula is C12H15F3N2O2S. The smallest absolute Gasteiger partial charge is 0.396 e. The van der Waals surface area contributed by atoms with Crippen molar-refractivity contribution in [2.45, 2.75) is 12.6 Å². The predicted octanol–water partition coefficient (Wildman–Crippen LogP) is 1.95. The fraction of sp³-hybridized carbons (Fsp3) is 0.500. The van der Waals surface area contributed by atoms with E-state index in [1.54, 1.807) is 11.8 Å². The molecule has 0 spiro atoms. The number of thioether (sulfide) groups is 1. The van der Waals surface area contributed by atoms with E-state index in [9.17, 15) is 18.0 Å². The van der Waals surface area contributed by atoms with Gasteiger partial charge in [0.15, 0.2) is 0 Å². The van der Waals surface area contributed by atoms with E-state index in [0.29, 0.717) is 18.7 Å². The van der Waals surface area contributed by atoms with Crippen LogP contribution in [0.2, 0.25) is 0 Å². The average molecular weight is 308 g/mol. The summed E-state index contributed by atoms with van der Waals surface area (Å²) in [4.78, 5) is 14.8. The molecule has 2 N–H and O–H groups in total. The number of carbonyl (C=O) groups excluding carboxylic acids is 1. The van der Waals surface area contributed by atoms with E-state index in [-0.39, 0.29) is 12.2 Å². The molecule has 0 bridgehead atoms. The third-order valence-corrected chi connectivity index (χ3v) is 3.37. The summed E-state index contributed by atoms with van der Waals surface area (Å²) in [5, 5.41) is 11.2. The third-order valence-electron chi connectivity index (χ3n) is 2.29. The lowest BCUT2D eigenvalue weighted by Crippen LogP contribution is -2.26. The molecule has 0 saturated carbocycles. The van der Waals surface area contributed by atoms with Crippen molar-refractivity contribution in [1.29, 1.82) is 0 Å². The van der Waals surface area contributed by atoms with Gasteiger partial charge in [0.25, 0.3) is 5.91 Å². The fourth-order valence-corrected chi connectivity index (χ4v) is 2.09. The zero-order valence-corrected chi connectivity index (χ0v) is 11.4. The minimum absolute atomic E-state index is 0.0957. The lowest BCUT2D eigenvalue weighted by molar-refractivity contribution is -0.141. The minimum Gasteiger partial charge on any atom is -0.396 e. The highest BCUT2D eigenvalue weighted by molar-refractivity contribution is 7.99. The van der Waals surface area contributed by atoms with Gasteiger partial charge in [-0.15, -0.1) is 0 Å². The highest BCUT2D eigenvalue weighted by Crippen LogP contribution is 2.27. The molecule has 20 heavy (non-hydrogen) atoms. The first-order valence-electron chi connectivity index (χ1n) is 5.95. The topological polar surface area (TPSA) is 62.2 Å². The Kier molecular flexibility index (Phi) is 6.80. The molecule has 0 aromatic carbocycles. The first-order valence-corrected chi connectivity index (χ1v) is 7.10. The monoisotopic (exact) mass is 308 g/mol. The summed E-state index contributed by atoms with van der Waals surface area (Å²) >= 11 is 1.58. The zero-order valence-electron chi connectivity index (χ0n) is 10.6. The number of amides is 1. The Morgan fingerprint density at radius 1 is 1.35 bits per heavy atom. The van der Waals surface area contributed by atoms with Gasteiger partial charge >= 0.3 is 6.18 Å². The van der Waals surface area contributed by atoms with E-state index in [1.807, 2.05) is 0 Å². The van der Waals surface area contributed by atoms with E-state index in [0.717, 1.165) is 24.1 Å². The third kappa shape index (κ3) is 5.79. The molecule has 1 aromatic rings. The number of aliphatic hydroxyl groups excluding tert-OH is 1. The van der Waals surface area contributed by atoms with Crippen molar-refractivity contribution in [3.63, 3.8) is 0 Å². The van der Waals surface area contributed by atoms with E-state index >= 15 is 0 Å². The van der Waals surface area contributed by atoms with E-state index in [4.69, 9.17) is 5.11 Å². The second-order valence-electron chi connectivity index (χ2n) is 3.88. The maximum absolute atomic E-state index is 12.3. The lowest BCUT2D eigenvalue weighted by Gasteiger charge is -2.07. The minimum atomic E-state index is -4.50. The quantitative estimate of drug-likeness (QED) is 0.756. The molecule has 0 fully saturated rings. The van der Waals surface area contributed by atoms with Gasteiger partial charge in [-0.1, -0.05) is 0 Å². The number of aliphatic hydroxyl groups is 1. The first-order chi connectivity index (χ1) is 9.45. The lowest BCUT2D eigenvalue weighted by atomic mass is 10.2. The molecule has 1 rings (SSSR count). The van der Waals surface area contributed by atoms with E-state index in [2.05, 4.69) is 10.3 Å². The Bertz CT molecular complexity index is 424. The summed E-state index contributed by atoms with van der Waals surface area (Å²) < 4.78 is 36.9. The van der Waals surface area contributed by atoms with Gasteiger partial charge in [-0.2, -0.15) is 24.9 Å². The maximum Gasteiger partial charge on any atom is 0.433 e. The molecular weight excluding hydrogens is 293 g/mol. The van der Waals surface area contributed by atoms with Crippen molar-refractivity contribution >= 4 is 17.7 Å². The average Bonchev–Trinajstić information content (AvgIpc) is 2.41. The standard InChI is InChI=1S/C12H15F3N2O2S/c13-12(14,15)10-3-2-9(8-17-10)11(19)16-4-7-20-6-1-5-18/h2-3,8,18H,1,4-7H2,(H,16,19). The van der Waals surface area contributed by atoms with Crippen LogP contribution in [-0.2, 0) is 6.18 Å². The number of nitrogens with zero attached hydrogens (tertiary/aromatic N) is 1. The van der Waals surface area contributed by atoms with Gasteiger partial charge < -0.3 is 10.4 Å². The number of hydrogen-bond acceptors (Lipinski definition) is 4. The summed E-state index contributed by atoms with van der Waals surface area (Å²) in [5.41, 5.74) is -0.924. The van der Waals surface area contributed by atoms with Gasteiger partial charge in [0, 0.05) is 25.1 Å². The van der Waals surface area contributed by atoms with Crippen molar-refractivity contribution in [2.24, 2.45) is 0 Å². The molecule has 1 aromatic heterocycles. The van der Waals surface area contributed by atoms with Crippen molar-refractivity contribution in [1.82, 2.24) is 10.3 Å². The summed E-state index contributed by atoms with van der Waals surface area (Å²) in [5.74, 6) is 1.03. The van der Waals surface area contributed by atoms with Crippen molar-refractivity contribution in [3.05, 3.63) is 29.6 Å². The van der Waals surface area contributed by atoms with E-state index < -0.39 is 17.8 Å². The van der Waals surface area contributed by atoms with Gasteiger partial charge in [-0.3, -0.25) is 9.78 Å². The van der Waals surface area contributed by atoms with Crippen molar-refractivity contribution < 1.29 is 23.1 Å². The number of hydrogen-bond donors (Lipinski definition) is 2. The Morgan fingerprint density at radius 3 is 2.65 bits per heavy atom. The van der Waals surface area contributed by atoms with Gasteiger partial charge in [-0.25, -0.2) is 0 Å². The molecule has 1 amide bonds. The van der Waals surface area contributed by atoms with Crippen LogP contribution in [0.15, 0.2) is 18.3 Å².